The monoisotopic (exact) mass is 256 g/mol. The zero-order valence-electron chi connectivity index (χ0n) is 13.0. The fourth-order valence-electron chi connectivity index (χ4n) is 3.44. The summed E-state index contributed by atoms with van der Waals surface area (Å²) >= 11 is 0. The number of hydrogen-bond acceptors (Lipinski definition) is 3. The van der Waals surface area contributed by atoms with Crippen LogP contribution in [0.15, 0.2) is 0 Å². The molecule has 0 radical (unpaired) electrons. The van der Waals surface area contributed by atoms with E-state index in [9.17, 15) is 0 Å². The predicted molar refractivity (Wildman–Crippen MR) is 77.7 cm³/mol. The fourth-order valence-corrected chi connectivity index (χ4v) is 3.44. The SMILES string of the molecule is CCC1(CC)CCN(C(CN)(COC)C(C)C)C1. The van der Waals surface area contributed by atoms with Crippen LogP contribution < -0.4 is 5.73 Å². The summed E-state index contributed by atoms with van der Waals surface area (Å²) in [4.78, 5) is 2.61. The Labute approximate surface area is 113 Å². The van der Waals surface area contributed by atoms with Gasteiger partial charge in [-0.25, -0.2) is 0 Å². The molecule has 1 unspecified atom stereocenters. The number of hydrogen-bond donors (Lipinski definition) is 1. The lowest BCUT2D eigenvalue weighted by Crippen LogP contribution is -2.60. The van der Waals surface area contributed by atoms with Crippen LogP contribution in [0.25, 0.3) is 0 Å². The molecular formula is C15H32N2O. The lowest BCUT2D eigenvalue weighted by molar-refractivity contribution is -0.00947. The summed E-state index contributed by atoms with van der Waals surface area (Å²) in [6, 6.07) is 0. The summed E-state index contributed by atoms with van der Waals surface area (Å²) in [5.74, 6) is 0.520. The smallest absolute Gasteiger partial charge is 0.0661 e. The molecule has 2 N–H and O–H groups in total. The molecule has 0 saturated carbocycles. The number of ether oxygens (including phenoxy) is 1. The lowest BCUT2D eigenvalue weighted by Gasteiger charge is -2.45. The molecule has 1 heterocycles. The van der Waals surface area contributed by atoms with Gasteiger partial charge in [0.05, 0.1) is 12.1 Å². The van der Waals surface area contributed by atoms with Crippen molar-refractivity contribution < 1.29 is 4.74 Å². The molecule has 1 saturated heterocycles. The second-order valence-corrected chi connectivity index (χ2v) is 6.27. The fraction of sp³-hybridized carbons (Fsp3) is 1.00. The number of nitrogens with two attached hydrogens (primary N) is 1. The number of rotatable bonds is 7. The van der Waals surface area contributed by atoms with Gasteiger partial charge < -0.3 is 10.5 Å². The minimum absolute atomic E-state index is 0.0147. The van der Waals surface area contributed by atoms with E-state index >= 15 is 0 Å². The number of likely N-dealkylation sites (tertiary alicyclic amines) is 1. The largest absolute Gasteiger partial charge is 0.383 e. The van der Waals surface area contributed by atoms with Crippen molar-refractivity contribution in [3.05, 3.63) is 0 Å². The van der Waals surface area contributed by atoms with E-state index in [2.05, 4.69) is 32.6 Å². The standard InChI is InChI=1S/C15H32N2O/c1-6-14(7-2)8-9-17(11-14)15(10-16,12-18-5)13(3)4/h13H,6-12,16H2,1-5H3. The third-order valence-electron chi connectivity index (χ3n) is 5.39. The maximum atomic E-state index is 6.12. The van der Waals surface area contributed by atoms with Gasteiger partial charge in [0, 0.05) is 20.2 Å². The molecular weight excluding hydrogens is 224 g/mol. The highest BCUT2D eigenvalue weighted by atomic mass is 16.5. The van der Waals surface area contributed by atoms with Crippen molar-refractivity contribution in [1.82, 2.24) is 4.90 Å². The van der Waals surface area contributed by atoms with Crippen molar-refractivity contribution in [2.45, 2.75) is 52.5 Å². The van der Waals surface area contributed by atoms with Gasteiger partial charge in [0.25, 0.3) is 0 Å². The topological polar surface area (TPSA) is 38.5 Å². The summed E-state index contributed by atoms with van der Waals surface area (Å²) in [5, 5.41) is 0. The molecule has 1 fully saturated rings. The van der Waals surface area contributed by atoms with E-state index in [1.54, 1.807) is 7.11 Å². The molecule has 0 amide bonds. The van der Waals surface area contributed by atoms with Crippen molar-refractivity contribution in [2.75, 3.05) is 33.4 Å². The molecule has 3 heteroatoms. The second kappa shape index (κ2) is 6.36. The first-order valence-corrected chi connectivity index (χ1v) is 7.44. The normalized spacial score (nSPS) is 23.5. The van der Waals surface area contributed by atoms with Gasteiger partial charge in [-0.3, -0.25) is 4.90 Å². The summed E-state index contributed by atoms with van der Waals surface area (Å²) in [6.07, 6.45) is 3.84. The molecule has 18 heavy (non-hydrogen) atoms. The maximum Gasteiger partial charge on any atom is 0.0661 e. The third-order valence-corrected chi connectivity index (χ3v) is 5.39. The first-order chi connectivity index (χ1) is 8.50. The summed E-state index contributed by atoms with van der Waals surface area (Å²) < 4.78 is 5.49. The van der Waals surface area contributed by atoms with Crippen LogP contribution in [0.3, 0.4) is 0 Å². The van der Waals surface area contributed by atoms with E-state index in [1.165, 1.54) is 32.4 Å². The Hall–Kier alpha value is -0.120. The summed E-state index contributed by atoms with van der Waals surface area (Å²) in [5.41, 5.74) is 6.64. The van der Waals surface area contributed by atoms with Gasteiger partial charge in [0.2, 0.25) is 0 Å². The van der Waals surface area contributed by atoms with Crippen LogP contribution >= 0.6 is 0 Å². The van der Waals surface area contributed by atoms with E-state index in [4.69, 9.17) is 10.5 Å². The first kappa shape index (κ1) is 15.9. The molecule has 1 rings (SSSR count). The highest BCUT2D eigenvalue weighted by Crippen LogP contribution is 2.41. The van der Waals surface area contributed by atoms with Crippen molar-refractivity contribution in [3.8, 4) is 0 Å². The van der Waals surface area contributed by atoms with Crippen molar-refractivity contribution in [3.63, 3.8) is 0 Å². The molecule has 0 aromatic rings. The summed E-state index contributed by atoms with van der Waals surface area (Å²) in [7, 11) is 1.79. The highest BCUT2D eigenvalue weighted by molar-refractivity contribution is 5.01. The van der Waals surface area contributed by atoms with Gasteiger partial charge in [-0.2, -0.15) is 0 Å². The van der Waals surface area contributed by atoms with E-state index in [1.807, 2.05) is 0 Å². The molecule has 1 aliphatic heterocycles. The van der Waals surface area contributed by atoms with Crippen LogP contribution in [0.4, 0.5) is 0 Å². The number of nitrogens with zero attached hydrogens (tertiary/aromatic N) is 1. The molecule has 0 bridgehead atoms. The zero-order valence-corrected chi connectivity index (χ0v) is 13.0. The Balaban J connectivity index is 2.89. The van der Waals surface area contributed by atoms with Crippen LogP contribution in [0.1, 0.15) is 47.0 Å². The van der Waals surface area contributed by atoms with Crippen LogP contribution in [0.2, 0.25) is 0 Å². The van der Waals surface area contributed by atoms with E-state index in [-0.39, 0.29) is 5.54 Å². The second-order valence-electron chi connectivity index (χ2n) is 6.27. The van der Waals surface area contributed by atoms with Crippen molar-refractivity contribution in [2.24, 2.45) is 17.1 Å². The van der Waals surface area contributed by atoms with E-state index in [0.717, 1.165) is 6.61 Å². The van der Waals surface area contributed by atoms with Crippen LogP contribution in [-0.2, 0) is 4.74 Å². The third kappa shape index (κ3) is 2.73. The van der Waals surface area contributed by atoms with Crippen molar-refractivity contribution >= 4 is 0 Å². The molecule has 0 aliphatic carbocycles. The number of methoxy groups -OCH3 is 1. The van der Waals surface area contributed by atoms with Gasteiger partial charge in [0.15, 0.2) is 0 Å². The van der Waals surface area contributed by atoms with Gasteiger partial charge in [-0.05, 0) is 37.1 Å². The molecule has 1 aliphatic rings. The zero-order chi connectivity index (χ0) is 13.8. The van der Waals surface area contributed by atoms with Gasteiger partial charge >= 0.3 is 0 Å². The van der Waals surface area contributed by atoms with E-state index in [0.29, 0.717) is 17.9 Å². The Morgan fingerprint density at radius 2 is 1.94 bits per heavy atom. The molecule has 3 nitrogen and oxygen atoms in total. The van der Waals surface area contributed by atoms with Crippen LogP contribution in [-0.4, -0.2) is 43.8 Å². The Kier molecular flexibility index (Phi) is 5.63. The minimum atomic E-state index is 0.0147. The van der Waals surface area contributed by atoms with Gasteiger partial charge in [-0.1, -0.05) is 27.7 Å². The van der Waals surface area contributed by atoms with Gasteiger partial charge in [0.1, 0.15) is 0 Å². The first-order valence-electron chi connectivity index (χ1n) is 7.44. The molecule has 0 spiro atoms. The average molecular weight is 256 g/mol. The molecule has 108 valence electrons. The molecule has 0 aromatic heterocycles. The summed E-state index contributed by atoms with van der Waals surface area (Å²) in [6.45, 7) is 12.9. The van der Waals surface area contributed by atoms with E-state index < -0.39 is 0 Å². The molecule has 0 aromatic carbocycles. The predicted octanol–water partition coefficient (Wildman–Crippen LogP) is 2.50. The highest BCUT2D eigenvalue weighted by Gasteiger charge is 2.46. The molecule has 1 atom stereocenters. The van der Waals surface area contributed by atoms with Crippen molar-refractivity contribution in [1.29, 1.82) is 0 Å². The quantitative estimate of drug-likeness (QED) is 0.760. The van der Waals surface area contributed by atoms with Gasteiger partial charge in [-0.15, -0.1) is 0 Å². The Bertz CT molecular complexity index is 251. The lowest BCUT2D eigenvalue weighted by atomic mass is 9.81. The van der Waals surface area contributed by atoms with Crippen LogP contribution in [0, 0.1) is 11.3 Å². The Morgan fingerprint density at radius 3 is 2.28 bits per heavy atom. The Morgan fingerprint density at radius 1 is 1.33 bits per heavy atom. The average Bonchev–Trinajstić information content (AvgIpc) is 2.81. The van der Waals surface area contributed by atoms with Crippen LogP contribution in [0.5, 0.6) is 0 Å². The minimum Gasteiger partial charge on any atom is -0.383 e. The maximum absolute atomic E-state index is 6.12.